The fraction of sp³-hybridized carbons (Fsp3) is 0.478. The van der Waals surface area contributed by atoms with Crippen molar-refractivity contribution in [2.45, 2.75) is 64.2 Å². The van der Waals surface area contributed by atoms with Crippen LogP contribution in [0.5, 0.6) is 0 Å². The molecule has 0 amide bonds. The Morgan fingerprint density at radius 2 is 1.72 bits per heavy atom. The second-order valence-electron chi connectivity index (χ2n) is 10.2. The molecule has 0 N–H and O–H groups in total. The monoisotopic (exact) mass is 349 g/mol. The van der Waals surface area contributed by atoms with Crippen molar-refractivity contribution in [1.29, 1.82) is 0 Å². The van der Waals surface area contributed by atoms with Gasteiger partial charge in [-0.05, 0) is 40.2 Å². The van der Waals surface area contributed by atoms with E-state index in [1.165, 1.54) is 23.8 Å². The molecule has 2 aromatic carbocycles. The van der Waals surface area contributed by atoms with E-state index in [0.717, 1.165) is 0 Å². The second-order valence-corrected chi connectivity index (χ2v) is 15.6. The molecule has 1 heterocycles. The molecule has 0 fully saturated rings. The van der Waals surface area contributed by atoms with Crippen LogP contribution in [-0.2, 0) is 11.8 Å². The lowest BCUT2D eigenvalue weighted by molar-refractivity contribution is 0.585. The Morgan fingerprint density at radius 3 is 2.40 bits per heavy atom. The molecule has 132 valence electrons. The zero-order valence-electron chi connectivity index (χ0n) is 16.6. The van der Waals surface area contributed by atoms with Gasteiger partial charge in [0.2, 0.25) is 0 Å². The highest BCUT2D eigenvalue weighted by atomic mass is 28.3. The molecule has 1 aliphatic heterocycles. The molecule has 2 aromatic rings. The van der Waals surface area contributed by atoms with E-state index in [4.69, 9.17) is 0 Å². The van der Waals surface area contributed by atoms with E-state index < -0.39 is 8.07 Å². The Morgan fingerprint density at radius 1 is 1.00 bits per heavy atom. The molecule has 0 radical (unpaired) electrons. The van der Waals surface area contributed by atoms with Crippen molar-refractivity contribution in [3.8, 4) is 0 Å². The number of anilines is 1. The van der Waals surface area contributed by atoms with Gasteiger partial charge in [-0.25, -0.2) is 0 Å². The highest BCUT2D eigenvalue weighted by Crippen LogP contribution is 2.55. The van der Waals surface area contributed by atoms with Crippen molar-refractivity contribution >= 4 is 13.8 Å². The molecule has 2 aliphatic rings. The summed E-state index contributed by atoms with van der Waals surface area (Å²) in [6.07, 6.45) is 2.44. The summed E-state index contributed by atoms with van der Waals surface area (Å²) in [7, 11) is -1.20. The van der Waals surface area contributed by atoms with Gasteiger partial charge in [0.05, 0.1) is 14.1 Å². The molecule has 0 bridgehead atoms. The lowest BCUT2D eigenvalue weighted by Gasteiger charge is -2.33. The predicted molar refractivity (Wildman–Crippen MR) is 111 cm³/mol. The third kappa shape index (κ3) is 2.85. The van der Waals surface area contributed by atoms with Gasteiger partial charge < -0.3 is 4.90 Å². The summed E-state index contributed by atoms with van der Waals surface area (Å²) in [4.78, 5) is 2.75. The van der Waals surface area contributed by atoms with Gasteiger partial charge in [0.15, 0.2) is 0 Å². The number of hydrogen-bond donors (Lipinski definition) is 0. The van der Waals surface area contributed by atoms with Crippen LogP contribution in [0, 0.1) is 0 Å². The Bertz CT molecular complexity index is 810. The zero-order valence-corrected chi connectivity index (χ0v) is 17.6. The van der Waals surface area contributed by atoms with Gasteiger partial charge in [-0.15, -0.1) is 0 Å². The molecule has 2 unspecified atom stereocenters. The molecule has 1 aliphatic carbocycles. The number of nitrogens with zero attached hydrogens (tertiary/aromatic N) is 1. The Balaban J connectivity index is 1.84. The van der Waals surface area contributed by atoms with Gasteiger partial charge in [0.1, 0.15) is 0 Å². The number of rotatable bonds is 2. The van der Waals surface area contributed by atoms with E-state index in [1.54, 1.807) is 16.7 Å². The van der Waals surface area contributed by atoms with Crippen molar-refractivity contribution in [2.24, 2.45) is 0 Å². The first kappa shape index (κ1) is 16.9. The van der Waals surface area contributed by atoms with Crippen LogP contribution < -0.4 is 4.90 Å². The van der Waals surface area contributed by atoms with Crippen LogP contribution in [0.3, 0.4) is 0 Å². The molecule has 2 heteroatoms. The van der Waals surface area contributed by atoms with Crippen LogP contribution in [0.4, 0.5) is 5.69 Å². The second kappa shape index (κ2) is 5.47. The lowest BCUT2D eigenvalue weighted by Crippen LogP contribution is -2.40. The molecule has 0 spiro atoms. The summed E-state index contributed by atoms with van der Waals surface area (Å²) in [5.74, 6) is 0.631. The molecule has 2 atom stereocenters. The highest BCUT2D eigenvalue weighted by Gasteiger charge is 2.45. The summed E-state index contributed by atoms with van der Waals surface area (Å²) >= 11 is 0. The minimum Gasteiger partial charge on any atom is -0.367 e. The van der Waals surface area contributed by atoms with Crippen LogP contribution in [0.15, 0.2) is 42.5 Å². The summed E-state index contributed by atoms with van der Waals surface area (Å²) < 4.78 is 0. The summed E-state index contributed by atoms with van der Waals surface area (Å²) in [6.45, 7) is 14.4. The fourth-order valence-corrected chi connectivity index (χ4v) is 6.05. The summed E-state index contributed by atoms with van der Waals surface area (Å²) in [5, 5.41) is 0. The van der Waals surface area contributed by atoms with Gasteiger partial charge in [-0.3, -0.25) is 0 Å². The van der Waals surface area contributed by atoms with E-state index in [9.17, 15) is 0 Å². The van der Waals surface area contributed by atoms with Crippen LogP contribution in [0.25, 0.3) is 0 Å². The standard InChI is InChI=1S/C23H31NSi/c1-23(2,3)17-11-12-21-19(14-17)20-13-16-9-7-8-10-18(16)22(20)24(21)15-25(4,5)6/h7-12,14,20,22H,13,15H2,1-6H3. The minimum atomic E-state index is -1.20. The Hall–Kier alpha value is -1.54. The van der Waals surface area contributed by atoms with E-state index in [-0.39, 0.29) is 5.41 Å². The molecule has 0 saturated heterocycles. The van der Waals surface area contributed by atoms with Crippen LogP contribution in [-0.4, -0.2) is 14.2 Å². The quantitative estimate of drug-likeness (QED) is 0.595. The maximum atomic E-state index is 2.75. The molecule has 1 nitrogen and oxygen atoms in total. The number of fused-ring (bicyclic) bond motifs is 5. The number of benzene rings is 2. The van der Waals surface area contributed by atoms with Crippen molar-refractivity contribution in [2.75, 3.05) is 11.1 Å². The van der Waals surface area contributed by atoms with E-state index in [0.29, 0.717) is 12.0 Å². The average molecular weight is 350 g/mol. The third-order valence-corrected chi connectivity index (χ3v) is 7.07. The molecule has 0 aromatic heterocycles. The van der Waals surface area contributed by atoms with E-state index >= 15 is 0 Å². The average Bonchev–Trinajstić information content (AvgIpc) is 3.01. The highest BCUT2D eigenvalue weighted by molar-refractivity contribution is 6.76. The fourth-order valence-electron chi connectivity index (χ4n) is 4.66. The van der Waals surface area contributed by atoms with Crippen LogP contribution >= 0.6 is 0 Å². The van der Waals surface area contributed by atoms with Crippen molar-refractivity contribution in [1.82, 2.24) is 0 Å². The maximum Gasteiger partial charge on any atom is 0.0665 e. The third-order valence-electron chi connectivity index (χ3n) is 5.78. The molecular formula is C23H31NSi. The summed E-state index contributed by atoms with van der Waals surface area (Å²) in [6, 6.07) is 17.0. The van der Waals surface area contributed by atoms with Gasteiger partial charge in [0.25, 0.3) is 0 Å². The van der Waals surface area contributed by atoms with Gasteiger partial charge >= 0.3 is 0 Å². The number of hydrogen-bond acceptors (Lipinski definition) is 1. The van der Waals surface area contributed by atoms with Gasteiger partial charge in [-0.1, -0.05) is 76.8 Å². The molecule has 0 saturated carbocycles. The minimum absolute atomic E-state index is 0.210. The maximum absolute atomic E-state index is 2.75. The Labute approximate surface area is 154 Å². The van der Waals surface area contributed by atoms with Crippen molar-refractivity contribution in [3.63, 3.8) is 0 Å². The lowest BCUT2D eigenvalue weighted by atomic mass is 9.84. The van der Waals surface area contributed by atoms with Crippen LogP contribution in [0.2, 0.25) is 19.6 Å². The molecule has 25 heavy (non-hydrogen) atoms. The zero-order chi connectivity index (χ0) is 18.0. The van der Waals surface area contributed by atoms with E-state index in [1.807, 2.05) is 0 Å². The predicted octanol–water partition coefficient (Wildman–Crippen LogP) is 6.06. The molecule has 4 rings (SSSR count). The van der Waals surface area contributed by atoms with Gasteiger partial charge in [-0.2, -0.15) is 0 Å². The van der Waals surface area contributed by atoms with Gasteiger partial charge in [0, 0.05) is 17.8 Å². The first-order valence-electron chi connectivity index (χ1n) is 9.64. The first-order valence-corrected chi connectivity index (χ1v) is 13.3. The van der Waals surface area contributed by atoms with Crippen LogP contribution in [0.1, 0.15) is 55.0 Å². The molecular weight excluding hydrogens is 318 g/mol. The first-order chi connectivity index (χ1) is 11.6. The normalized spacial score (nSPS) is 21.9. The summed E-state index contributed by atoms with van der Waals surface area (Å²) in [5.41, 5.74) is 7.90. The smallest absolute Gasteiger partial charge is 0.0665 e. The van der Waals surface area contributed by atoms with E-state index in [2.05, 4.69) is 87.8 Å². The largest absolute Gasteiger partial charge is 0.367 e. The van der Waals surface area contributed by atoms with Crippen molar-refractivity contribution in [3.05, 3.63) is 64.7 Å². The SMILES string of the molecule is CC(C)(C)c1ccc2c(c1)C1Cc3ccccc3C1N2C[Si](C)(C)C. The van der Waals surface area contributed by atoms with Crippen molar-refractivity contribution < 1.29 is 0 Å². The Kier molecular flexibility index (Phi) is 3.70. The topological polar surface area (TPSA) is 3.24 Å².